The Morgan fingerprint density at radius 2 is 1.74 bits per heavy atom. The van der Waals surface area contributed by atoms with E-state index in [9.17, 15) is 24.5 Å². The van der Waals surface area contributed by atoms with E-state index >= 15 is 0 Å². The molecule has 1 saturated heterocycles. The van der Waals surface area contributed by atoms with E-state index in [4.69, 9.17) is 16.3 Å². The first-order chi connectivity index (χ1) is 16.3. The molecular formula is C24H16ClN3O6. The maximum Gasteiger partial charge on any atom is 0.335 e. The second-order valence-corrected chi connectivity index (χ2v) is 7.62. The second-order valence-electron chi connectivity index (χ2n) is 7.19. The zero-order valence-corrected chi connectivity index (χ0v) is 18.2. The van der Waals surface area contributed by atoms with E-state index in [0.29, 0.717) is 16.3 Å². The number of halogens is 1. The molecule has 1 aliphatic rings. The first kappa shape index (κ1) is 22.7. The number of carbonyl (C=O) groups excluding carboxylic acids is 3. The average molecular weight is 478 g/mol. The Morgan fingerprint density at radius 3 is 2.44 bits per heavy atom. The molecule has 1 N–H and O–H groups in total. The van der Waals surface area contributed by atoms with Crippen LogP contribution in [-0.4, -0.2) is 22.8 Å². The van der Waals surface area contributed by atoms with Crippen molar-refractivity contribution in [1.82, 2.24) is 5.32 Å². The number of non-ortho nitro benzene ring substituents is 1. The van der Waals surface area contributed by atoms with E-state index in [-0.39, 0.29) is 23.6 Å². The number of hydrogen-bond donors (Lipinski definition) is 1. The van der Waals surface area contributed by atoms with Gasteiger partial charge in [-0.1, -0.05) is 41.9 Å². The summed E-state index contributed by atoms with van der Waals surface area (Å²) in [5, 5.41) is 13.6. The Morgan fingerprint density at radius 1 is 1.00 bits per heavy atom. The summed E-state index contributed by atoms with van der Waals surface area (Å²) in [5.41, 5.74) is 0.859. The zero-order chi connectivity index (χ0) is 24.2. The number of anilines is 1. The van der Waals surface area contributed by atoms with E-state index in [2.05, 4.69) is 5.32 Å². The summed E-state index contributed by atoms with van der Waals surface area (Å²) in [7, 11) is 0. The first-order valence-corrected chi connectivity index (χ1v) is 10.3. The standard InChI is InChI=1S/C24H16ClN3O6/c25-17-6-3-4-15(12-17)14-34-21-7-2-1-5-16(21)13-20-22(29)26-24(31)27(23(20)30)18-8-10-19(11-9-18)28(32)33/h1-13H,14H2,(H,26,29,31)/b20-13+. The monoisotopic (exact) mass is 477 g/mol. The van der Waals surface area contributed by atoms with Crippen molar-refractivity contribution in [3.05, 3.63) is 105 Å². The lowest BCUT2D eigenvalue weighted by Crippen LogP contribution is -2.54. The van der Waals surface area contributed by atoms with E-state index < -0.39 is 22.8 Å². The van der Waals surface area contributed by atoms with Crippen LogP contribution in [0, 0.1) is 10.1 Å². The number of ether oxygens (including phenoxy) is 1. The van der Waals surface area contributed by atoms with Crippen LogP contribution in [0.25, 0.3) is 6.08 Å². The third-order valence-corrected chi connectivity index (χ3v) is 5.16. The molecule has 0 atom stereocenters. The molecule has 4 amide bonds. The van der Waals surface area contributed by atoms with Gasteiger partial charge in [-0.05, 0) is 42.0 Å². The average Bonchev–Trinajstić information content (AvgIpc) is 2.81. The molecule has 0 spiro atoms. The molecule has 1 fully saturated rings. The quantitative estimate of drug-likeness (QED) is 0.242. The molecule has 0 aromatic heterocycles. The van der Waals surface area contributed by atoms with Crippen molar-refractivity contribution < 1.29 is 24.0 Å². The molecule has 170 valence electrons. The van der Waals surface area contributed by atoms with Gasteiger partial charge >= 0.3 is 6.03 Å². The maximum absolute atomic E-state index is 13.1. The highest BCUT2D eigenvalue weighted by molar-refractivity contribution is 6.39. The third-order valence-electron chi connectivity index (χ3n) is 4.92. The molecule has 4 rings (SSSR count). The SMILES string of the molecule is O=C1NC(=O)N(c2ccc([N+](=O)[O-])cc2)C(=O)/C1=C/c1ccccc1OCc1cccc(Cl)c1. The van der Waals surface area contributed by atoms with E-state index in [0.717, 1.165) is 22.6 Å². The fraction of sp³-hybridized carbons (Fsp3) is 0.0417. The van der Waals surface area contributed by atoms with Gasteiger partial charge in [0.1, 0.15) is 17.9 Å². The van der Waals surface area contributed by atoms with Gasteiger partial charge in [-0.15, -0.1) is 0 Å². The highest BCUT2D eigenvalue weighted by Gasteiger charge is 2.37. The van der Waals surface area contributed by atoms with Crippen LogP contribution in [0.2, 0.25) is 5.02 Å². The van der Waals surface area contributed by atoms with Crippen LogP contribution in [-0.2, 0) is 16.2 Å². The first-order valence-electron chi connectivity index (χ1n) is 9.95. The fourth-order valence-electron chi connectivity index (χ4n) is 3.29. The van der Waals surface area contributed by atoms with Crippen LogP contribution >= 0.6 is 11.6 Å². The summed E-state index contributed by atoms with van der Waals surface area (Å²) in [6.45, 7) is 0.203. The number of carbonyl (C=O) groups is 3. The molecule has 0 radical (unpaired) electrons. The van der Waals surface area contributed by atoms with E-state index in [1.54, 1.807) is 42.5 Å². The molecule has 34 heavy (non-hydrogen) atoms. The second kappa shape index (κ2) is 9.55. The van der Waals surface area contributed by atoms with Gasteiger partial charge in [0.2, 0.25) is 0 Å². The van der Waals surface area contributed by atoms with Gasteiger partial charge in [0.05, 0.1) is 10.6 Å². The number of nitrogens with one attached hydrogen (secondary N) is 1. The van der Waals surface area contributed by atoms with Crippen LogP contribution in [0.3, 0.4) is 0 Å². The lowest BCUT2D eigenvalue weighted by Gasteiger charge is -2.26. The highest BCUT2D eigenvalue weighted by atomic mass is 35.5. The number of benzene rings is 3. The van der Waals surface area contributed by atoms with Crippen LogP contribution in [0.15, 0.2) is 78.4 Å². The lowest BCUT2D eigenvalue weighted by atomic mass is 10.1. The maximum atomic E-state index is 13.1. The zero-order valence-electron chi connectivity index (χ0n) is 17.4. The van der Waals surface area contributed by atoms with Crippen molar-refractivity contribution in [2.75, 3.05) is 4.90 Å². The molecule has 3 aromatic rings. The predicted molar refractivity (Wildman–Crippen MR) is 124 cm³/mol. The number of hydrogen-bond acceptors (Lipinski definition) is 6. The Balaban J connectivity index is 1.63. The number of nitro benzene ring substituents is 1. The topological polar surface area (TPSA) is 119 Å². The Bertz CT molecular complexity index is 1340. The van der Waals surface area contributed by atoms with Gasteiger partial charge in [-0.2, -0.15) is 0 Å². The minimum absolute atomic E-state index is 0.0805. The predicted octanol–water partition coefficient (Wildman–Crippen LogP) is 4.49. The third kappa shape index (κ3) is 4.79. The van der Waals surface area contributed by atoms with E-state index in [1.165, 1.54) is 18.2 Å². The van der Waals surface area contributed by atoms with Crippen LogP contribution in [0.1, 0.15) is 11.1 Å². The number of nitrogens with zero attached hydrogens (tertiary/aromatic N) is 2. The van der Waals surface area contributed by atoms with Crippen LogP contribution in [0.4, 0.5) is 16.2 Å². The van der Waals surface area contributed by atoms with Gasteiger partial charge < -0.3 is 4.74 Å². The molecular weight excluding hydrogens is 462 g/mol. The molecule has 0 unspecified atom stereocenters. The minimum atomic E-state index is -0.952. The smallest absolute Gasteiger partial charge is 0.335 e. The van der Waals surface area contributed by atoms with E-state index in [1.807, 2.05) is 6.07 Å². The number of amides is 4. The molecule has 0 bridgehead atoms. The Kier molecular flexibility index (Phi) is 6.37. The number of barbiturate groups is 1. The van der Waals surface area contributed by atoms with Crippen molar-refractivity contribution in [3.63, 3.8) is 0 Å². The van der Waals surface area contributed by atoms with Gasteiger partial charge in [0.25, 0.3) is 17.5 Å². The number of urea groups is 1. The fourth-order valence-corrected chi connectivity index (χ4v) is 3.50. The Hall–Kier alpha value is -4.50. The molecule has 10 heteroatoms. The van der Waals surface area contributed by atoms with Crippen molar-refractivity contribution >= 4 is 46.9 Å². The van der Waals surface area contributed by atoms with Crippen LogP contribution < -0.4 is 15.0 Å². The van der Waals surface area contributed by atoms with Gasteiger partial charge in [0.15, 0.2) is 0 Å². The summed E-state index contributed by atoms with van der Waals surface area (Å²) < 4.78 is 5.87. The summed E-state index contributed by atoms with van der Waals surface area (Å²) >= 11 is 6.01. The molecule has 1 heterocycles. The van der Waals surface area contributed by atoms with Crippen LogP contribution in [0.5, 0.6) is 5.75 Å². The highest BCUT2D eigenvalue weighted by Crippen LogP contribution is 2.27. The van der Waals surface area contributed by atoms with Crippen molar-refractivity contribution in [2.24, 2.45) is 0 Å². The molecule has 1 aliphatic heterocycles. The molecule has 3 aromatic carbocycles. The number of nitro groups is 1. The van der Waals surface area contributed by atoms with Gasteiger partial charge in [-0.25, -0.2) is 9.69 Å². The van der Waals surface area contributed by atoms with Crippen molar-refractivity contribution in [3.8, 4) is 5.75 Å². The molecule has 9 nitrogen and oxygen atoms in total. The lowest BCUT2D eigenvalue weighted by molar-refractivity contribution is -0.384. The Labute approximate surface area is 198 Å². The molecule has 0 aliphatic carbocycles. The van der Waals surface area contributed by atoms with Gasteiger partial charge in [-0.3, -0.25) is 25.0 Å². The summed E-state index contributed by atoms with van der Waals surface area (Å²) in [6, 6.07) is 17.8. The van der Waals surface area contributed by atoms with Crippen molar-refractivity contribution in [1.29, 1.82) is 0 Å². The summed E-state index contributed by atoms with van der Waals surface area (Å²) in [4.78, 5) is 48.9. The largest absolute Gasteiger partial charge is 0.488 e. The van der Waals surface area contributed by atoms with Gasteiger partial charge in [0, 0.05) is 22.7 Å². The number of para-hydroxylation sites is 1. The minimum Gasteiger partial charge on any atom is -0.488 e. The summed E-state index contributed by atoms with van der Waals surface area (Å²) in [5.74, 6) is -1.32. The molecule has 0 saturated carbocycles. The van der Waals surface area contributed by atoms with Crippen molar-refractivity contribution in [2.45, 2.75) is 6.61 Å². The normalized spacial score (nSPS) is 14.8. The number of imide groups is 2. The number of rotatable bonds is 6. The summed E-state index contributed by atoms with van der Waals surface area (Å²) in [6.07, 6.45) is 1.33.